The Morgan fingerprint density at radius 2 is 0.968 bits per heavy atom. The Bertz CT molecular complexity index is 2640. The molecule has 0 saturated heterocycles. The standard InChI is InChI=1S/C66H113N13O13S2/c1-11-44(8)55(64(89)74-51(66(91)92)32-36-93-10)78-63(88)54(41(4)5)77-62(87)53(39-94-37-31-43(7)25-21-24-42(6)23-20-22-40(2)3)76-59(84)49(29-15-18-34-68)73-65(90)56(45(9)81)79-60(85)50(30-16-19-35-69)72-61(86)52(38-80)75-58(83)48(28-14-17-33-67)71-57(82)46-26-12-13-27-47(46)70/h12-13,22,24,26-27,31,41,44-45,48-56,80-81H,11,14-21,23,25,28-30,32-39,67-70H2,1-10H3,(H,71,82)(H,72,86)(H,73,90)(H,74,89)(H,75,83)(H,76,84)(H,77,87)(H,78,88)(H,79,85)(H,91,92)/b42-24+,43-31+/t44-,45+,48-,49-,50-,51-,52-,53-,54-,55-,56-/m0/s1. The molecule has 20 N–H and O–H groups in total. The number of para-hydroxylation sites is 1. The van der Waals surface area contributed by atoms with E-state index in [4.69, 9.17) is 22.9 Å². The van der Waals surface area contributed by atoms with E-state index in [1.165, 1.54) is 53.7 Å². The Morgan fingerprint density at radius 3 is 1.47 bits per heavy atom. The Labute approximate surface area is 565 Å². The fraction of sp³-hybridized carbons (Fsp3) is 0.667. The van der Waals surface area contributed by atoms with Gasteiger partial charge in [0.25, 0.3) is 5.91 Å². The Balaban J connectivity index is 3.67. The molecule has 0 radical (unpaired) electrons. The predicted octanol–water partition coefficient (Wildman–Crippen LogP) is 2.70. The van der Waals surface area contributed by atoms with Crippen molar-refractivity contribution in [3.8, 4) is 0 Å². The highest BCUT2D eigenvalue weighted by molar-refractivity contribution is 7.99. The Hall–Kier alpha value is -6.56. The summed E-state index contributed by atoms with van der Waals surface area (Å²) in [5, 5.41) is 55.0. The molecule has 0 aliphatic rings. The average molecular weight is 1360 g/mol. The number of rotatable bonds is 49. The van der Waals surface area contributed by atoms with Crippen molar-refractivity contribution in [2.75, 3.05) is 55.5 Å². The number of carboxylic acid groups (broad SMARTS) is 1. The smallest absolute Gasteiger partial charge is 0.326 e. The van der Waals surface area contributed by atoms with Crippen molar-refractivity contribution in [3.63, 3.8) is 0 Å². The largest absolute Gasteiger partial charge is 0.480 e. The zero-order valence-electron chi connectivity index (χ0n) is 57.1. The van der Waals surface area contributed by atoms with Crippen molar-refractivity contribution < 1.29 is 63.3 Å². The number of unbranched alkanes of at least 4 members (excludes halogenated alkanes) is 3. The molecule has 532 valence electrons. The van der Waals surface area contributed by atoms with Gasteiger partial charge in [-0.05, 0) is 180 Å². The average Bonchev–Trinajstić information content (AvgIpc) is 1.15. The van der Waals surface area contributed by atoms with Crippen molar-refractivity contribution in [2.24, 2.45) is 29.0 Å². The van der Waals surface area contributed by atoms with Gasteiger partial charge in [-0.15, -0.1) is 0 Å². The Kier molecular flexibility index (Phi) is 43.8. The minimum absolute atomic E-state index is 0.0225. The summed E-state index contributed by atoms with van der Waals surface area (Å²) in [6.07, 6.45) is 13.1. The van der Waals surface area contributed by atoms with E-state index in [0.29, 0.717) is 56.6 Å². The van der Waals surface area contributed by atoms with Crippen LogP contribution in [0.4, 0.5) is 5.69 Å². The number of hydrogen-bond acceptors (Lipinski definition) is 18. The van der Waals surface area contributed by atoms with Gasteiger partial charge in [0.1, 0.15) is 54.4 Å². The molecule has 0 unspecified atom stereocenters. The second kappa shape index (κ2) is 48.2. The molecule has 0 saturated carbocycles. The molecule has 94 heavy (non-hydrogen) atoms. The number of allylic oxidation sites excluding steroid dienone is 5. The van der Waals surface area contributed by atoms with Crippen LogP contribution in [0.5, 0.6) is 0 Å². The lowest BCUT2D eigenvalue weighted by molar-refractivity contribution is -0.142. The summed E-state index contributed by atoms with van der Waals surface area (Å²) >= 11 is 2.74. The van der Waals surface area contributed by atoms with Crippen molar-refractivity contribution in [3.05, 3.63) is 64.8 Å². The molecule has 0 heterocycles. The number of aliphatic hydroxyl groups excluding tert-OH is 2. The topological polar surface area (TPSA) is 444 Å². The first-order valence-electron chi connectivity index (χ1n) is 32.8. The van der Waals surface area contributed by atoms with Gasteiger partial charge in [0.05, 0.1) is 18.3 Å². The van der Waals surface area contributed by atoms with Gasteiger partial charge < -0.3 is 86.1 Å². The molecule has 1 aromatic carbocycles. The molecule has 0 aliphatic heterocycles. The van der Waals surface area contributed by atoms with E-state index in [0.717, 1.165) is 31.3 Å². The van der Waals surface area contributed by atoms with E-state index in [1.54, 1.807) is 32.9 Å². The lowest BCUT2D eigenvalue weighted by atomic mass is 9.96. The van der Waals surface area contributed by atoms with Gasteiger partial charge in [-0.3, -0.25) is 43.2 Å². The van der Waals surface area contributed by atoms with Crippen LogP contribution in [0.1, 0.15) is 169 Å². The summed E-state index contributed by atoms with van der Waals surface area (Å²) in [6, 6.07) is -6.20. The van der Waals surface area contributed by atoms with Crippen LogP contribution in [0.3, 0.4) is 0 Å². The van der Waals surface area contributed by atoms with Gasteiger partial charge in [0.15, 0.2) is 0 Å². The highest BCUT2D eigenvalue weighted by Crippen LogP contribution is 2.18. The number of thioether (sulfide) groups is 2. The SMILES string of the molecule is CC[C@H](C)[C@H](NC(=O)[C@@H](NC(=O)[C@H](CSC/C=C(\C)CC/C=C(\C)CCC=C(C)C)NC(=O)[C@H](CCCCN)NC(=O)[C@@H](NC(=O)[C@H](CCCCN)NC(=O)[C@H](CO)NC(=O)[C@H](CCCCN)NC(=O)c1ccccc1N)[C@@H](C)O)C(C)C)C(=O)N[C@@H](CCSC)C(=O)O. The highest BCUT2D eigenvalue weighted by Gasteiger charge is 2.38. The molecular formula is C66H113N13O13S2. The monoisotopic (exact) mass is 1360 g/mol. The van der Waals surface area contributed by atoms with E-state index in [2.05, 4.69) is 80.8 Å². The first kappa shape index (κ1) is 85.5. The number of nitrogen functional groups attached to an aromatic ring is 1. The lowest BCUT2D eigenvalue weighted by Gasteiger charge is -2.30. The van der Waals surface area contributed by atoms with Crippen molar-refractivity contribution in [1.82, 2.24) is 47.9 Å². The third-order valence-electron chi connectivity index (χ3n) is 15.7. The second-order valence-electron chi connectivity index (χ2n) is 24.4. The third kappa shape index (κ3) is 33.7. The fourth-order valence-electron chi connectivity index (χ4n) is 9.55. The predicted molar refractivity (Wildman–Crippen MR) is 373 cm³/mol. The van der Waals surface area contributed by atoms with Gasteiger partial charge in [-0.1, -0.05) is 81.2 Å². The summed E-state index contributed by atoms with van der Waals surface area (Å²) in [5.41, 5.74) is 27.3. The van der Waals surface area contributed by atoms with E-state index >= 15 is 0 Å². The Morgan fingerprint density at radius 1 is 0.532 bits per heavy atom. The number of amides is 9. The molecule has 0 bridgehead atoms. The zero-order chi connectivity index (χ0) is 70.9. The number of carboxylic acids is 1. The van der Waals surface area contributed by atoms with Crippen LogP contribution >= 0.6 is 23.5 Å². The van der Waals surface area contributed by atoms with E-state index in [-0.39, 0.29) is 62.2 Å². The number of nitrogens with two attached hydrogens (primary N) is 4. The maximum atomic E-state index is 14.7. The quantitative estimate of drug-likeness (QED) is 0.0253. The number of aliphatic hydroxyl groups is 2. The molecular weight excluding hydrogens is 1250 g/mol. The van der Waals surface area contributed by atoms with Gasteiger partial charge in [-0.2, -0.15) is 23.5 Å². The minimum atomic E-state index is -1.75. The van der Waals surface area contributed by atoms with Crippen molar-refractivity contribution in [1.29, 1.82) is 0 Å². The molecule has 26 nitrogen and oxygen atoms in total. The number of hydrogen-bond donors (Lipinski definition) is 16. The normalized spacial score (nSPS) is 15.2. The zero-order valence-corrected chi connectivity index (χ0v) is 58.7. The van der Waals surface area contributed by atoms with Gasteiger partial charge in [0, 0.05) is 17.2 Å². The summed E-state index contributed by atoms with van der Waals surface area (Å²) in [5.74, 6) is -8.91. The van der Waals surface area contributed by atoms with Crippen LogP contribution < -0.4 is 70.8 Å². The summed E-state index contributed by atoms with van der Waals surface area (Å²) < 4.78 is 0. The molecule has 1 rings (SSSR count). The first-order chi connectivity index (χ1) is 44.6. The summed E-state index contributed by atoms with van der Waals surface area (Å²) in [4.78, 5) is 139. The van der Waals surface area contributed by atoms with E-state index in [1.807, 2.05) is 26.2 Å². The van der Waals surface area contributed by atoms with Crippen LogP contribution in [0.25, 0.3) is 0 Å². The number of anilines is 1. The lowest BCUT2D eigenvalue weighted by Crippen LogP contribution is -2.62. The molecule has 1 aromatic rings. The molecule has 28 heteroatoms. The number of carbonyl (C=O) groups is 10. The highest BCUT2D eigenvalue weighted by atomic mass is 32.2. The molecule has 11 atom stereocenters. The second-order valence-corrected chi connectivity index (χ2v) is 26.5. The molecule has 0 spiro atoms. The van der Waals surface area contributed by atoms with E-state index in [9.17, 15) is 63.3 Å². The van der Waals surface area contributed by atoms with Gasteiger partial charge in [-0.25, -0.2) is 4.79 Å². The van der Waals surface area contributed by atoms with Crippen LogP contribution in [-0.2, 0) is 43.2 Å². The van der Waals surface area contributed by atoms with Crippen molar-refractivity contribution in [2.45, 2.75) is 219 Å². The van der Waals surface area contributed by atoms with Gasteiger partial charge >= 0.3 is 5.97 Å². The minimum Gasteiger partial charge on any atom is -0.480 e. The molecule has 9 amide bonds. The molecule has 0 aliphatic carbocycles. The van der Waals surface area contributed by atoms with Crippen LogP contribution in [0.2, 0.25) is 0 Å². The fourth-order valence-corrected chi connectivity index (χ4v) is 11.0. The summed E-state index contributed by atoms with van der Waals surface area (Å²) in [7, 11) is 0. The van der Waals surface area contributed by atoms with Crippen molar-refractivity contribution >= 4 is 88.3 Å². The van der Waals surface area contributed by atoms with Crippen LogP contribution in [0.15, 0.2) is 59.2 Å². The number of nitrogens with one attached hydrogen (secondary N) is 9. The number of aliphatic carboxylic acids is 1. The first-order valence-corrected chi connectivity index (χ1v) is 35.4. The van der Waals surface area contributed by atoms with Gasteiger partial charge in [0.2, 0.25) is 47.3 Å². The van der Waals surface area contributed by atoms with E-state index < -0.39 is 138 Å². The maximum Gasteiger partial charge on any atom is 0.326 e. The van der Waals surface area contributed by atoms with Crippen LogP contribution in [0, 0.1) is 11.8 Å². The summed E-state index contributed by atoms with van der Waals surface area (Å²) in [6.45, 7) is 16.2. The number of benzene rings is 1. The number of carbonyl (C=O) groups excluding carboxylic acids is 9. The van der Waals surface area contributed by atoms with Crippen LogP contribution in [-0.4, -0.2) is 185 Å². The maximum absolute atomic E-state index is 14.7. The molecule has 0 fully saturated rings. The molecule has 0 aromatic heterocycles. The third-order valence-corrected chi connectivity index (χ3v) is 17.3.